The molecule has 0 spiro atoms. The maximum atomic E-state index is 14.5. The minimum absolute atomic E-state index is 0.0328. The van der Waals surface area contributed by atoms with Gasteiger partial charge in [-0.3, -0.25) is 4.79 Å². The second-order valence-electron chi connectivity index (χ2n) is 6.09. The van der Waals surface area contributed by atoms with E-state index in [1.54, 1.807) is 0 Å². The van der Waals surface area contributed by atoms with Crippen molar-refractivity contribution in [2.24, 2.45) is 0 Å². The predicted octanol–water partition coefficient (Wildman–Crippen LogP) is 1.91. The first kappa shape index (κ1) is 20.4. The van der Waals surface area contributed by atoms with Gasteiger partial charge in [0.05, 0.1) is 18.3 Å². The van der Waals surface area contributed by atoms with E-state index in [4.69, 9.17) is 14.0 Å². The summed E-state index contributed by atoms with van der Waals surface area (Å²) in [7, 11) is 1.81. The Morgan fingerprint density at radius 1 is 1.25 bits per heavy atom. The minimum Gasteiger partial charge on any atom is -0.479 e. The lowest BCUT2D eigenvalue weighted by Gasteiger charge is -2.32. The number of aromatic nitrogens is 1. The molecule has 0 atom stereocenters. The van der Waals surface area contributed by atoms with Gasteiger partial charge in [0.1, 0.15) is 5.69 Å². The van der Waals surface area contributed by atoms with E-state index in [0.29, 0.717) is 0 Å². The van der Waals surface area contributed by atoms with Crippen LogP contribution in [0.5, 0.6) is 5.88 Å². The third-order valence-electron chi connectivity index (χ3n) is 4.12. The molecule has 24 heavy (non-hydrogen) atoms. The fourth-order valence-corrected chi connectivity index (χ4v) is 2.05. The van der Waals surface area contributed by atoms with Crippen LogP contribution in [0.2, 0.25) is 0 Å². The van der Waals surface area contributed by atoms with Crippen molar-refractivity contribution in [2.75, 3.05) is 14.2 Å². The first-order valence-corrected chi connectivity index (χ1v) is 7.95. The van der Waals surface area contributed by atoms with Gasteiger partial charge in [0.2, 0.25) is 5.88 Å². The van der Waals surface area contributed by atoms with E-state index < -0.39 is 30.0 Å². The molecule has 1 aliphatic heterocycles. The van der Waals surface area contributed by atoms with Gasteiger partial charge in [0.25, 0.3) is 5.91 Å². The number of halogens is 1. The number of rotatable bonds is 3. The molecule has 1 aromatic rings. The van der Waals surface area contributed by atoms with Crippen molar-refractivity contribution >= 4 is 18.5 Å². The highest BCUT2D eigenvalue weighted by Crippen LogP contribution is 2.37. The zero-order chi connectivity index (χ0) is 18.7. The summed E-state index contributed by atoms with van der Waals surface area (Å²) >= 11 is 0. The molecule has 8 heteroatoms. The van der Waals surface area contributed by atoms with E-state index in [2.05, 4.69) is 10.3 Å². The average Bonchev–Trinajstić information content (AvgIpc) is 2.76. The van der Waals surface area contributed by atoms with E-state index in [9.17, 15) is 9.18 Å². The average molecular weight is 340 g/mol. The van der Waals surface area contributed by atoms with Crippen LogP contribution in [0.1, 0.15) is 52.0 Å². The van der Waals surface area contributed by atoms with Gasteiger partial charge in [-0.2, -0.15) is 0 Å². The number of pyridine rings is 1. The van der Waals surface area contributed by atoms with Gasteiger partial charge in [-0.05, 0) is 33.8 Å². The molecule has 0 bridgehead atoms. The highest BCUT2D eigenvalue weighted by atomic mass is 19.1. The summed E-state index contributed by atoms with van der Waals surface area (Å²) in [6, 6.07) is 1.32. The van der Waals surface area contributed by atoms with Gasteiger partial charge in [0, 0.05) is 12.5 Å². The maximum absolute atomic E-state index is 14.5. The molecule has 0 aromatic carbocycles. The molecule has 6 nitrogen and oxygen atoms in total. The van der Waals surface area contributed by atoms with E-state index in [1.807, 2.05) is 41.5 Å². The molecule has 0 unspecified atom stereocenters. The summed E-state index contributed by atoms with van der Waals surface area (Å²) in [5.41, 5.74) is -1.11. The van der Waals surface area contributed by atoms with E-state index in [-0.39, 0.29) is 17.0 Å². The van der Waals surface area contributed by atoms with Crippen molar-refractivity contribution in [3.8, 4) is 5.88 Å². The molecule has 0 radical (unpaired) electrons. The molecule has 2 rings (SSSR count). The molecule has 2 heterocycles. The third kappa shape index (κ3) is 3.70. The molecular weight excluding hydrogens is 314 g/mol. The summed E-state index contributed by atoms with van der Waals surface area (Å²) in [6.07, 6.45) is 0. The van der Waals surface area contributed by atoms with Crippen molar-refractivity contribution in [1.82, 2.24) is 10.3 Å². The van der Waals surface area contributed by atoms with Gasteiger partial charge >= 0.3 is 7.12 Å². The number of amides is 1. The Hall–Kier alpha value is -1.67. The molecule has 0 saturated carbocycles. The molecule has 1 fully saturated rings. The smallest absolute Gasteiger partial charge is 0.479 e. The molecule has 1 amide bonds. The first-order valence-electron chi connectivity index (χ1n) is 7.95. The summed E-state index contributed by atoms with van der Waals surface area (Å²) < 4.78 is 31.0. The van der Waals surface area contributed by atoms with Crippen LogP contribution in [-0.4, -0.2) is 43.4 Å². The molecular formula is C16H26BFN2O4. The maximum Gasteiger partial charge on any atom is 0.498 e. The number of hydrogen-bond donors (Lipinski definition) is 1. The van der Waals surface area contributed by atoms with Crippen LogP contribution in [0.15, 0.2) is 6.07 Å². The summed E-state index contributed by atoms with van der Waals surface area (Å²) in [6.45, 7) is 11.5. The second kappa shape index (κ2) is 7.48. The van der Waals surface area contributed by atoms with E-state index >= 15 is 0 Å². The molecule has 1 aromatic heterocycles. The topological polar surface area (TPSA) is 69.7 Å². The molecule has 0 aliphatic carbocycles. The van der Waals surface area contributed by atoms with Gasteiger partial charge in [-0.1, -0.05) is 13.8 Å². The van der Waals surface area contributed by atoms with Crippen LogP contribution >= 0.6 is 0 Å². The quantitative estimate of drug-likeness (QED) is 0.852. The Morgan fingerprint density at radius 2 is 1.75 bits per heavy atom. The fourth-order valence-electron chi connectivity index (χ4n) is 2.05. The second-order valence-corrected chi connectivity index (χ2v) is 6.09. The van der Waals surface area contributed by atoms with Crippen molar-refractivity contribution in [2.45, 2.75) is 52.7 Å². The van der Waals surface area contributed by atoms with E-state index in [1.165, 1.54) is 20.2 Å². The van der Waals surface area contributed by atoms with Crippen LogP contribution in [0, 0.1) is 5.82 Å². The van der Waals surface area contributed by atoms with E-state index in [0.717, 1.165) is 0 Å². The highest BCUT2D eigenvalue weighted by Gasteiger charge is 2.53. The number of methoxy groups -OCH3 is 1. The van der Waals surface area contributed by atoms with Gasteiger partial charge in [-0.15, -0.1) is 0 Å². The number of carbonyl (C=O) groups excluding carboxylic acids is 1. The normalized spacial score (nSPS) is 17.8. The number of ether oxygens (including phenoxy) is 1. The highest BCUT2D eigenvalue weighted by molar-refractivity contribution is 6.62. The van der Waals surface area contributed by atoms with Crippen molar-refractivity contribution in [3.05, 3.63) is 17.6 Å². The SMILES string of the molecule is CC.CNC(=O)c1cc(B2OC(C)(C)C(C)(C)O2)c(F)c(OC)n1. The zero-order valence-corrected chi connectivity index (χ0v) is 15.6. The standard InChI is InChI=1S/C14H20BFN2O4.C2H6/c1-13(2)14(3,4)22-15(21-13)8-7-9(11(19)17-5)18-12(20-6)10(8)16;1-2/h7H,1-6H3,(H,17,19);1-2H3. The van der Waals surface area contributed by atoms with Crippen LogP contribution in [0.25, 0.3) is 0 Å². The fraction of sp³-hybridized carbons (Fsp3) is 0.625. The lowest BCUT2D eigenvalue weighted by atomic mass is 9.78. The molecule has 134 valence electrons. The van der Waals surface area contributed by atoms with Crippen LogP contribution < -0.4 is 15.5 Å². The third-order valence-corrected chi connectivity index (χ3v) is 4.12. The molecule has 1 saturated heterocycles. The molecule has 1 N–H and O–H groups in total. The number of nitrogens with zero attached hydrogens (tertiary/aromatic N) is 1. The van der Waals surface area contributed by atoms with Gasteiger partial charge in [0.15, 0.2) is 5.82 Å². The Bertz CT molecular complexity index is 592. The number of nitrogens with one attached hydrogen (secondary N) is 1. The first-order chi connectivity index (χ1) is 11.1. The van der Waals surface area contributed by atoms with Crippen LogP contribution in [0.3, 0.4) is 0 Å². The number of carbonyl (C=O) groups is 1. The largest absolute Gasteiger partial charge is 0.498 e. The van der Waals surface area contributed by atoms with Crippen molar-refractivity contribution in [3.63, 3.8) is 0 Å². The van der Waals surface area contributed by atoms with Gasteiger partial charge < -0.3 is 19.4 Å². The Balaban J connectivity index is 0.00000139. The lowest BCUT2D eigenvalue weighted by Crippen LogP contribution is -2.41. The Labute approximate surface area is 143 Å². The lowest BCUT2D eigenvalue weighted by molar-refractivity contribution is 0.00578. The number of hydrogen-bond acceptors (Lipinski definition) is 5. The predicted molar refractivity (Wildman–Crippen MR) is 91.2 cm³/mol. The Kier molecular flexibility index (Phi) is 6.35. The summed E-state index contributed by atoms with van der Waals surface area (Å²) in [5, 5.41) is 2.44. The van der Waals surface area contributed by atoms with Crippen LogP contribution in [-0.2, 0) is 9.31 Å². The summed E-state index contributed by atoms with van der Waals surface area (Å²) in [5.74, 6) is -1.42. The summed E-state index contributed by atoms with van der Waals surface area (Å²) in [4.78, 5) is 15.6. The molecule has 1 aliphatic rings. The van der Waals surface area contributed by atoms with Gasteiger partial charge in [-0.25, -0.2) is 9.37 Å². The Morgan fingerprint density at radius 3 is 2.17 bits per heavy atom. The minimum atomic E-state index is -0.940. The van der Waals surface area contributed by atoms with Crippen molar-refractivity contribution < 1.29 is 23.2 Å². The van der Waals surface area contributed by atoms with Crippen LogP contribution in [0.4, 0.5) is 4.39 Å². The van der Waals surface area contributed by atoms with Crippen molar-refractivity contribution in [1.29, 1.82) is 0 Å². The monoisotopic (exact) mass is 340 g/mol. The zero-order valence-electron chi connectivity index (χ0n) is 15.6.